The summed E-state index contributed by atoms with van der Waals surface area (Å²) in [5.41, 5.74) is 1.08. The molecule has 2 amide bonds. The number of amides is 2. The number of benzene rings is 2. The minimum Gasteiger partial charge on any atom is -0.497 e. The Kier molecular flexibility index (Phi) is 7.11. The summed E-state index contributed by atoms with van der Waals surface area (Å²) in [5.74, 6) is 1.32. The fraction of sp³-hybridized carbons (Fsp3) is 0.391. The van der Waals surface area contributed by atoms with E-state index in [1.807, 2.05) is 30.3 Å². The molecule has 1 aliphatic rings. The molecule has 2 aromatic carbocycles. The second-order valence-electron chi connectivity index (χ2n) is 7.24. The number of nitrogens with zero attached hydrogens (tertiary/aromatic N) is 1. The molecule has 29 heavy (non-hydrogen) atoms. The largest absolute Gasteiger partial charge is 0.497 e. The fourth-order valence-corrected chi connectivity index (χ4v) is 3.46. The molecule has 0 bridgehead atoms. The van der Waals surface area contributed by atoms with Crippen LogP contribution < -0.4 is 14.8 Å². The first-order valence-corrected chi connectivity index (χ1v) is 9.98. The lowest BCUT2D eigenvalue weighted by Gasteiger charge is -2.33. The lowest BCUT2D eigenvalue weighted by Crippen LogP contribution is -2.47. The van der Waals surface area contributed by atoms with Crippen molar-refractivity contribution in [2.24, 2.45) is 5.92 Å². The number of methoxy groups -OCH3 is 1. The van der Waals surface area contributed by atoms with Gasteiger partial charge in [-0.1, -0.05) is 30.3 Å². The van der Waals surface area contributed by atoms with Crippen molar-refractivity contribution in [1.82, 2.24) is 10.2 Å². The predicted molar refractivity (Wildman–Crippen MR) is 111 cm³/mol. The van der Waals surface area contributed by atoms with Crippen LogP contribution in [0.15, 0.2) is 54.6 Å². The number of piperidine rings is 1. The Balaban J connectivity index is 1.43. The molecule has 1 unspecified atom stereocenters. The second kappa shape index (κ2) is 9.96. The predicted octanol–water partition coefficient (Wildman–Crippen LogP) is 3.02. The summed E-state index contributed by atoms with van der Waals surface area (Å²) in [6.07, 6.45) is 0.760. The van der Waals surface area contributed by atoms with Gasteiger partial charge in [-0.15, -0.1) is 0 Å². The average Bonchev–Trinajstić information content (AvgIpc) is 2.78. The van der Waals surface area contributed by atoms with Gasteiger partial charge in [0.25, 0.3) is 5.91 Å². The van der Waals surface area contributed by atoms with Crippen LogP contribution >= 0.6 is 0 Å². The molecule has 0 radical (unpaired) electrons. The Labute approximate surface area is 171 Å². The summed E-state index contributed by atoms with van der Waals surface area (Å²) in [4.78, 5) is 26.9. The first kappa shape index (κ1) is 20.7. The standard InChI is InChI=1S/C23H28N2O4/c1-17(29-21-10-8-20(28-2)9-11-21)23(27)25-14-12-19(13-15-25)22(26)24-16-18-6-4-3-5-7-18/h3-11,17,19H,12-16H2,1-2H3,(H,24,26). The van der Waals surface area contributed by atoms with Gasteiger partial charge in [0.1, 0.15) is 11.5 Å². The van der Waals surface area contributed by atoms with E-state index in [1.165, 1.54) is 0 Å². The number of hydrogen-bond acceptors (Lipinski definition) is 4. The summed E-state index contributed by atoms with van der Waals surface area (Å²) in [6.45, 7) is 3.42. The fourth-order valence-electron chi connectivity index (χ4n) is 3.46. The molecule has 0 spiro atoms. The number of rotatable bonds is 7. The molecule has 1 saturated heterocycles. The molecule has 2 aromatic rings. The van der Waals surface area contributed by atoms with Crippen LogP contribution in [0.3, 0.4) is 0 Å². The Bertz CT molecular complexity index is 799. The van der Waals surface area contributed by atoms with Crippen LogP contribution in [-0.4, -0.2) is 43.0 Å². The van der Waals surface area contributed by atoms with Crippen LogP contribution in [-0.2, 0) is 16.1 Å². The second-order valence-corrected chi connectivity index (χ2v) is 7.24. The minimum atomic E-state index is -0.577. The minimum absolute atomic E-state index is 0.0519. The molecule has 6 heteroatoms. The number of carbonyl (C=O) groups excluding carboxylic acids is 2. The van der Waals surface area contributed by atoms with E-state index >= 15 is 0 Å². The summed E-state index contributed by atoms with van der Waals surface area (Å²) < 4.78 is 10.9. The molecule has 1 heterocycles. The van der Waals surface area contributed by atoms with Crippen LogP contribution in [0.25, 0.3) is 0 Å². The monoisotopic (exact) mass is 396 g/mol. The number of ether oxygens (including phenoxy) is 2. The van der Waals surface area contributed by atoms with Gasteiger partial charge >= 0.3 is 0 Å². The Morgan fingerprint density at radius 3 is 2.28 bits per heavy atom. The first-order valence-electron chi connectivity index (χ1n) is 9.98. The van der Waals surface area contributed by atoms with Gasteiger partial charge in [0.15, 0.2) is 6.10 Å². The molecule has 1 fully saturated rings. The molecule has 0 saturated carbocycles. The Hall–Kier alpha value is -3.02. The van der Waals surface area contributed by atoms with E-state index in [4.69, 9.17) is 9.47 Å². The lowest BCUT2D eigenvalue weighted by atomic mass is 9.95. The van der Waals surface area contributed by atoms with E-state index in [9.17, 15) is 9.59 Å². The van der Waals surface area contributed by atoms with Gasteiger partial charge in [0.05, 0.1) is 7.11 Å². The highest BCUT2D eigenvalue weighted by molar-refractivity contribution is 5.82. The molecule has 1 atom stereocenters. The highest BCUT2D eigenvalue weighted by atomic mass is 16.5. The highest BCUT2D eigenvalue weighted by Gasteiger charge is 2.30. The van der Waals surface area contributed by atoms with E-state index in [2.05, 4.69) is 5.32 Å². The van der Waals surface area contributed by atoms with E-state index in [0.29, 0.717) is 38.2 Å². The molecule has 1 N–H and O–H groups in total. The molecule has 3 rings (SSSR count). The van der Waals surface area contributed by atoms with Crippen LogP contribution in [0.2, 0.25) is 0 Å². The summed E-state index contributed by atoms with van der Waals surface area (Å²) in [6, 6.07) is 17.0. The van der Waals surface area contributed by atoms with Gasteiger partial charge in [-0.3, -0.25) is 9.59 Å². The third-order valence-corrected chi connectivity index (χ3v) is 5.21. The topological polar surface area (TPSA) is 67.9 Å². The normalized spacial score (nSPS) is 15.4. The van der Waals surface area contributed by atoms with Crippen molar-refractivity contribution in [3.05, 3.63) is 60.2 Å². The smallest absolute Gasteiger partial charge is 0.263 e. The third-order valence-electron chi connectivity index (χ3n) is 5.21. The van der Waals surface area contributed by atoms with E-state index in [1.54, 1.807) is 43.2 Å². The van der Waals surface area contributed by atoms with Crippen molar-refractivity contribution in [3.63, 3.8) is 0 Å². The molecule has 1 aliphatic heterocycles. The number of carbonyl (C=O) groups is 2. The average molecular weight is 396 g/mol. The van der Waals surface area contributed by atoms with E-state index < -0.39 is 6.10 Å². The number of likely N-dealkylation sites (tertiary alicyclic amines) is 1. The van der Waals surface area contributed by atoms with Crippen LogP contribution in [0.1, 0.15) is 25.3 Å². The molecular formula is C23H28N2O4. The highest BCUT2D eigenvalue weighted by Crippen LogP contribution is 2.21. The van der Waals surface area contributed by atoms with Gasteiger partial charge < -0.3 is 19.7 Å². The summed E-state index contributed by atoms with van der Waals surface area (Å²) in [5, 5.41) is 3.00. The van der Waals surface area contributed by atoms with E-state index in [0.717, 1.165) is 11.3 Å². The first-order chi connectivity index (χ1) is 14.1. The SMILES string of the molecule is COc1ccc(OC(C)C(=O)N2CCC(C(=O)NCc3ccccc3)CC2)cc1. The van der Waals surface area contributed by atoms with Gasteiger partial charge in [-0.05, 0) is 49.6 Å². The maximum atomic E-state index is 12.7. The van der Waals surface area contributed by atoms with Crippen LogP contribution in [0, 0.1) is 5.92 Å². The maximum absolute atomic E-state index is 12.7. The van der Waals surface area contributed by atoms with Gasteiger partial charge in [0, 0.05) is 25.6 Å². The van der Waals surface area contributed by atoms with Crippen molar-refractivity contribution in [3.8, 4) is 11.5 Å². The van der Waals surface area contributed by atoms with Crippen molar-refractivity contribution >= 4 is 11.8 Å². The molecule has 0 aliphatic carbocycles. The summed E-state index contributed by atoms with van der Waals surface area (Å²) in [7, 11) is 1.60. The molecule has 0 aromatic heterocycles. The van der Waals surface area contributed by atoms with Gasteiger partial charge in [-0.2, -0.15) is 0 Å². The molecular weight excluding hydrogens is 368 g/mol. The summed E-state index contributed by atoms with van der Waals surface area (Å²) >= 11 is 0. The van der Waals surface area contributed by atoms with E-state index in [-0.39, 0.29) is 17.7 Å². The lowest BCUT2D eigenvalue weighted by molar-refractivity contribution is -0.141. The van der Waals surface area contributed by atoms with Gasteiger partial charge in [-0.25, -0.2) is 0 Å². The van der Waals surface area contributed by atoms with Gasteiger partial charge in [0.2, 0.25) is 5.91 Å². The maximum Gasteiger partial charge on any atom is 0.263 e. The molecule has 154 valence electrons. The van der Waals surface area contributed by atoms with Crippen LogP contribution in [0.4, 0.5) is 0 Å². The van der Waals surface area contributed by atoms with Crippen molar-refractivity contribution in [2.75, 3.05) is 20.2 Å². The number of nitrogens with one attached hydrogen (secondary N) is 1. The molecule has 6 nitrogen and oxygen atoms in total. The Morgan fingerprint density at radius 2 is 1.66 bits per heavy atom. The number of hydrogen-bond donors (Lipinski definition) is 1. The van der Waals surface area contributed by atoms with Crippen molar-refractivity contribution in [1.29, 1.82) is 0 Å². The third kappa shape index (κ3) is 5.73. The zero-order chi connectivity index (χ0) is 20.6. The van der Waals surface area contributed by atoms with Crippen molar-refractivity contribution in [2.45, 2.75) is 32.4 Å². The Morgan fingerprint density at radius 1 is 1.03 bits per heavy atom. The zero-order valence-electron chi connectivity index (χ0n) is 17.0. The zero-order valence-corrected chi connectivity index (χ0v) is 17.0. The van der Waals surface area contributed by atoms with Crippen LogP contribution in [0.5, 0.6) is 11.5 Å². The van der Waals surface area contributed by atoms with Crippen molar-refractivity contribution < 1.29 is 19.1 Å². The quantitative estimate of drug-likeness (QED) is 0.781.